The van der Waals surface area contributed by atoms with Crippen molar-refractivity contribution in [3.05, 3.63) is 34.9 Å². The molecule has 1 rings (SSSR count). The highest BCUT2D eigenvalue weighted by Gasteiger charge is 2.31. The Morgan fingerprint density at radius 1 is 1.29 bits per heavy atom. The van der Waals surface area contributed by atoms with Gasteiger partial charge < -0.3 is 5.32 Å². The molecule has 0 spiro atoms. The van der Waals surface area contributed by atoms with Gasteiger partial charge in [0.25, 0.3) is 0 Å². The third-order valence-electron chi connectivity index (χ3n) is 3.08. The number of hydrogen-bond acceptors (Lipinski definition) is 3. The summed E-state index contributed by atoms with van der Waals surface area (Å²) in [5.74, 6) is -0.140. The van der Waals surface area contributed by atoms with Crippen molar-refractivity contribution in [3.8, 4) is 0 Å². The highest BCUT2D eigenvalue weighted by Crippen LogP contribution is 2.31. The number of hydrogen-bond donors (Lipinski definition) is 1. The predicted octanol–water partition coefficient (Wildman–Crippen LogP) is 3.10. The van der Waals surface area contributed by atoms with Gasteiger partial charge in [-0.05, 0) is 43.1 Å². The van der Waals surface area contributed by atoms with E-state index in [4.69, 9.17) is 0 Å². The maximum Gasteiger partial charge on any atom is 0.416 e. The number of halogens is 3. The van der Waals surface area contributed by atoms with Crippen LogP contribution in [-0.2, 0) is 16.0 Å². The van der Waals surface area contributed by atoms with E-state index in [0.717, 1.165) is 24.8 Å². The van der Waals surface area contributed by atoms with Crippen LogP contribution in [0, 0.1) is 6.92 Å². The molecule has 0 aliphatic carbocycles. The lowest BCUT2D eigenvalue weighted by Gasteiger charge is -2.21. The second-order valence-electron chi connectivity index (χ2n) is 5.17. The number of alkyl halides is 3. The Bertz CT molecular complexity index is 582. The summed E-state index contributed by atoms with van der Waals surface area (Å²) in [6.45, 7) is 4.10. The fraction of sp³-hybridized carbons (Fsp3) is 0.571. The molecule has 0 aliphatic heterocycles. The third-order valence-corrected chi connectivity index (χ3v) is 4.02. The summed E-state index contributed by atoms with van der Waals surface area (Å²) in [4.78, 5) is 0. The number of nitrogens with one attached hydrogen (secondary N) is 1. The quantitative estimate of drug-likeness (QED) is 0.875. The highest BCUT2D eigenvalue weighted by atomic mass is 32.2. The van der Waals surface area contributed by atoms with Gasteiger partial charge in [-0.3, -0.25) is 0 Å². The molecule has 120 valence electrons. The van der Waals surface area contributed by atoms with Gasteiger partial charge in [0.1, 0.15) is 9.84 Å². The first-order chi connectivity index (χ1) is 9.54. The SMILES string of the molecule is CCCNC(CS(C)(=O)=O)c1ccc(C(F)(F)F)cc1C. The van der Waals surface area contributed by atoms with Gasteiger partial charge in [-0.1, -0.05) is 13.0 Å². The molecule has 0 heterocycles. The van der Waals surface area contributed by atoms with Crippen molar-refractivity contribution < 1.29 is 21.6 Å². The average molecular weight is 323 g/mol. The summed E-state index contributed by atoms with van der Waals surface area (Å²) in [5.41, 5.74) is 0.293. The molecule has 0 fully saturated rings. The monoisotopic (exact) mass is 323 g/mol. The van der Waals surface area contributed by atoms with Crippen LogP contribution in [0.2, 0.25) is 0 Å². The van der Waals surface area contributed by atoms with Crippen LogP contribution < -0.4 is 5.32 Å². The van der Waals surface area contributed by atoms with Crippen molar-refractivity contribution >= 4 is 9.84 Å². The fourth-order valence-electron chi connectivity index (χ4n) is 2.12. The lowest BCUT2D eigenvalue weighted by molar-refractivity contribution is -0.137. The van der Waals surface area contributed by atoms with E-state index in [1.54, 1.807) is 6.92 Å². The van der Waals surface area contributed by atoms with Crippen LogP contribution >= 0.6 is 0 Å². The minimum Gasteiger partial charge on any atom is -0.309 e. The van der Waals surface area contributed by atoms with Gasteiger partial charge in [-0.25, -0.2) is 8.42 Å². The molecule has 1 N–H and O–H groups in total. The zero-order valence-electron chi connectivity index (χ0n) is 12.3. The van der Waals surface area contributed by atoms with Gasteiger partial charge in [-0.2, -0.15) is 13.2 Å². The summed E-state index contributed by atoms with van der Waals surface area (Å²) in [6.07, 6.45) is -2.47. The lowest BCUT2D eigenvalue weighted by atomic mass is 9.99. The summed E-state index contributed by atoms with van der Waals surface area (Å²) in [6, 6.07) is 2.90. The highest BCUT2D eigenvalue weighted by molar-refractivity contribution is 7.90. The van der Waals surface area contributed by atoms with Gasteiger partial charge in [0.2, 0.25) is 0 Å². The van der Waals surface area contributed by atoms with Crippen LogP contribution in [0.3, 0.4) is 0 Å². The average Bonchev–Trinajstić information content (AvgIpc) is 2.32. The van der Waals surface area contributed by atoms with Crippen molar-refractivity contribution in [2.75, 3.05) is 18.6 Å². The molecule has 1 aromatic carbocycles. The van der Waals surface area contributed by atoms with E-state index in [1.807, 2.05) is 6.92 Å². The summed E-state index contributed by atoms with van der Waals surface area (Å²) in [7, 11) is -3.24. The minimum absolute atomic E-state index is 0.140. The predicted molar refractivity (Wildman–Crippen MR) is 76.9 cm³/mol. The maximum absolute atomic E-state index is 12.7. The van der Waals surface area contributed by atoms with Crippen LogP contribution in [-0.4, -0.2) is 27.0 Å². The van der Waals surface area contributed by atoms with Gasteiger partial charge in [0, 0.05) is 12.3 Å². The Hall–Kier alpha value is -1.08. The van der Waals surface area contributed by atoms with E-state index in [1.165, 1.54) is 6.07 Å². The van der Waals surface area contributed by atoms with Crippen molar-refractivity contribution in [2.24, 2.45) is 0 Å². The van der Waals surface area contributed by atoms with E-state index < -0.39 is 27.6 Å². The largest absolute Gasteiger partial charge is 0.416 e. The van der Waals surface area contributed by atoms with Crippen molar-refractivity contribution in [1.29, 1.82) is 0 Å². The molecule has 0 bridgehead atoms. The molecule has 0 aliphatic rings. The molecule has 1 atom stereocenters. The molecular weight excluding hydrogens is 303 g/mol. The molecule has 0 saturated carbocycles. The van der Waals surface area contributed by atoms with Crippen LogP contribution in [0.4, 0.5) is 13.2 Å². The van der Waals surface area contributed by atoms with Crippen LogP contribution in [0.15, 0.2) is 18.2 Å². The molecule has 21 heavy (non-hydrogen) atoms. The van der Waals surface area contributed by atoms with E-state index in [0.29, 0.717) is 17.7 Å². The molecule has 0 amide bonds. The molecule has 0 radical (unpaired) electrons. The minimum atomic E-state index is -4.40. The second-order valence-corrected chi connectivity index (χ2v) is 7.35. The van der Waals surface area contributed by atoms with Gasteiger partial charge in [0.05, 0.1) is 11.3 Å². The summed E-state index contributed by atoms with van der Waals surface area (Å²) in [5, 5.41) is 3.08. The van der Waals surface area contributed by atoms with Crippen molar-refractivity contribution in [2.45, 2.75) is 32.5 Å². The maximum atomic E-state index is 12.7. The zero-order chi connectivity index (χ0) is 16.3. The Balaban J connectivity index is 3.13. The van der Waals surface area contributed by atoms with Crippen LogP contribution in [0.25, 0.3) is 0 Å². The number of sulfone groups is 1. The van der Waals surface area contributed by atoms with Gasteiger partial charge in [0.15, 0.2) is 0 Å². The Morgan fingerprint density at radius 2 is 1.90 bits per heavy atom. The van der Waals surface area contributed by atoms with Crippen molar-refractivity contribution in [3.63, 3.8) is 0 Å². The molecule has 1 unspecified atom stereocenters. The molecule has 7 heteroatoms. The number of aryl methyl sites for hydroxylation is 1. The Morgan fingerprint density at radius 3 is 2.33 bits per heavy atom. The molecule has 1 aromatic rings. The normalized spacial score (nSPS) is 14.2. The first kappa shape index (κ1) is 18.0. The Labute approximate surface area is 123 Å². The standard InChI is InChI=1S/C14H20F3NO2S/c1-4-7-18-13(9-21(3,19)20)12-6-5-11(8-10(12)2)14(15,16)17/h5-6,8,13,18H,4,7,9H2,1-3H3. The molecule has 3 nitrogen and oxygen atoms in total. The van der Waals surface area contributed by atoms with Crippen LogP contribution in [0.1, 0.15) is 36.1 Å². The first-order valence-corrected chi connectivity index (χ1v) is 8.69. The molecule has 0 saturated heterocycles. The van der Waals surface area contributed by atoms with E-state index in [-0.39, 0.29) is 5.75 Å². The van der Waals surface area contributed by atoms with Gasteiger partial charge >= 0.3 is 6.18 Å². The van der Waals surface area contributed by atoms with E-state index in [9.17, 15) is 21.6 Å². The fourth-order valence-corrected chi connectivity index (χ4v) is 3.03. The Kier molecular flexibility index (Phi) is 5.81. The molecular formula is C14H20F3NO2S. The van der Waals surface area contributed by atoms with E-state index in [2.05, 4.69) is 5.32 Å². The third kappa shape index (κ3) is 5.67. The number of benzene rings is 1. The summed E-state index contributed by atoms with van der Waals surface area (Å²) < 4.78 is 61.0. The molecule has 0 aromatic heterocycles. The topological polar surface area (TPSA) is 46.2 Å². The second kappa shape index (κ2) is 6.79. The van der Waals surface area contributed by atoms with Crippen LogP contribution in [0.5, 0.6) is 0 Å². The zero-order valence-corrected chi connectivity index (χ0v) is 13.1. The van der Waals surface area contributed by atoms with E-state index >= 15 is 0 Å². The van der Waals surface area contributed by atoms with Gasteiger partial charge in [-0.15, -0.1) is 0 Å². The van der Waals surface area contributed by atoms with Crippen molar-refractivity contribution in [1.82, 2.24) is 5.32 Å². The lowest BCUT2D eigenvalue weighted by Crippen LogP contribution is -2.29. The first-order valence-electron chi connectivity index (χ1n) is 6.63. The smallest absolute Gasteiger partial charge is 0.309 e. The number of rotatable bonds is 6. The summed E-state index contributed by atoms with van der Waals surface area (Å²) >= 11 is 0.